The maximum atomic E-state index is 12.0. The molecule has 4 nitrogen and oxygen atoms in total. The average molecular weight is 237 g/mol. The van der Waals surface area contributed by atoms with E-state index in [4.69, 9.17) is 0 Å². The summed E-state index contributed by atoms with van der Waals surface area (Å²) in [5, 5.41) is 3.36. The van der Waals surface area contributed by atoms with Crippen LogP contribution in [0.15, 0.2) is 11.6 Å². The summed E-state index contributed by atoms with van der Waals surface area (Å²) in [5.41, 5.74) is 0.895. The standard InChI is InChI=1S/C13H23N3O/c1-3-4-11(2)13(17)16-9-12(10-16)15-7-5-14-6-8-15/h4,12,14H,3,5-10H2,1-2H3. The lowest BCUT2D eigenvalue weighted by atomic mass is 10.0. The Labute approximate surface area is 104 Å². The Morgan fingerprint density at radius 1 is 1.35 bits per heavy atom. The number of rotatable bonds is 3. The molecule has 96 valence electrons. The van der Waals surface area contributed by atoms with Crippen molar-refractivity contribution in [2.24, 2.45) is 0 Å². The molecule has 4 heteroatoms. The minimum atomic E-state index is 0.221. The van der Waals surface area contributed by atoms with Crippen LogP contribution in [0.4, 0.5) is 0 Å². The molecular formula is C13H23N3O. The number of allylic oxidation sites excluding steroid dienone is 1. The van der Waals surface area contributed by atoms with Crippen molar-refractivity contribution in [2.75, 3.05) is 39.3 Å². The van der Waals surface area contributed by atoms with Crippen molar-refractivity contribution >= 4 is 5.91 Å². The van der Waals surface area contributed by atoms with Gasteiger partial charge in [-0.15, -0.1) is 0 Å². The molecule has 2 heterocycles. The minimum absolute atomic E-state index is 0.221. The monoisotopic (exact) mass is 237 g/mol. The Morgan fingerprint density at radius 3 is 2.59 bits per heavy atom. The van der Waals surface area contributed by atoms with Crippen LogP contribution < -0.4 is 5.32 Å². The lowest BCUT2D eigenvalue weighted by Crippen LogP contribution is -2.64. The number of amides is 1. The summed E-state index contributed by atoms with van der Waals surface area (Å²) in [6, 6.07) is 0.593. The first-order valence-corrected chi connectivity index (χ1v) is 6.63. The zero-order valence-corrected chi connectivity index (χ0v) is 10.9. The number of likely N-dealkylation sites (tertiary alicyclic amines) is 1. The van der Waals surface area contributed by atoms with Gasteiger partial charge in [-0.3, -0.25) is 9.69 Å². The molecule has 0 aromatic heterocycles. The Morgan fingerprint density at radius 2 is 2.00 bits per heavy atom. The molecule has 0 aliphatic carbocycles. The molecule has 0 unspecified atom stereocenters. The van der Waals surface area contributed by atoms with E-state index in [1.54, 1.807) is 0 Å². The highest BCUT2D eigenvalue weighted by atomic mass is 16.2. The van der Waals surface area contributed by atoms with Gasteiger partial charge in [0.1, 0.15) is 0 Å². The fraction of sp³-hybridized carbons (Fsp3) is 0.769. The predicted molar refractivity (Wildman–Crippen MR) is 68.9 cm³/mol. The van der Waals surface area contributed by atoms with Gasteiger partial charge in [-0.1, -0.05) is 13.0 Å². The lowest BCUT2D eigenvalue weighted by molar-refractivity contribution is -0.134. The molecule has 1 N–H and O–H groups in total. The molecular weight excluding hydrogens is 214 g/mol. The Balaban J connectivity index is 1.78. The second-order valence-electron chi connectivity index (χ2n) is 4.95. The Kier molecular flexibility index (Phi) is 4.18. The number of carbonyl (C=O) groups excluding carboxylic acids is 1. The van der Waals surface area contributed by atoms with Crippen molar-refractivity contribution in [2.45, 2.75) is 26.3 Å². The summed E-state index contributed by atoms with van der Waals surface area (Å²) in [6.07, 6.45) is 2.95. The maximum absolute atomic E-state index is 12.0. The zero-order valence-electron chi connectivity index (χ0n) is 10.9. The lowest BCUT2D eigenvalue weighted by Gasteiger charge is -2.46. The normalized spacial score (nSPS) is 23.6. The van der Waals surface area contributed by atoms with E-state index in [2.05, 4.69) is 17.1 Å². The first-order valence-electron chi connectivity index (χ1n) is 6.63. The van der Waals surface area contributed by atoms with Gasteiger partial charge in [0.25, 0.3) is 0 Å². The third kappa shape index (κ3) is 2.87. The van der Waals surface area contributed by atoms with Gasteiger partial charge in [-0.2, -0.15) is 0 Å². The Bertz CT molecular complexity index is 302. The second kappa shape index (κ2) is 5.65. The maximum Gasteiger partial charge on any atom is 0.249 e. The van der Waals surface area contributed by atoms with E-state index >= 15 is 0 Å². The van der Waals surface area contributed by atoms with Gasteiger partial charge in [0.15, 0.2) is 0 Å². The molecule has 0 spiro atoms. The second-order valence-corrected chi connectivity index (χ2v) is 4.95. The van der Waals surface area contributed by atoms with Gasteiger partial charge >= 0.3 is 0 Å². The van der Waals surface area contributed by atoms with Crippen LogP contribution in [0.1, 0.15) is 20.3 Å². The molecule has 2 fully saturated rings. The summed E-state index contributed by atoms with van der Waals surface area (Å²) in [6.45, 7) is 10.2. The third-order valence-corrected chi connectivity index (χ3v) is 3.67. The van der Waals surface area contributed by atoms with Crippen LogP contribution in [0.5, 0.6) is 0 Å². The van der Waals surface area contributed by atoms with E-state index in [-0.39, 0.29) is 5.91 Å². The first kappa shape index (κ1) is 12.6. The highest BCUT2D eigenvalue weighted by molar-refractivity contribution is 5.93. The van der Waals surface area contributed by atoms with Crippen LogP contribution >= 0.6 is 0 Å². The van der Waals surface area contributed by atoms with Crippen molar-refractivity contribution in [3.05, 3.63) is 11.6 Å². The van der Waals surface area contributed by atoms with Gasteiger partial charge in [-0.05, 0) is 13.3 Å². The van der Waals surface area contributed by atoms with Crippen LogP contribution in [-0.4, -0.2) is 61.0 Å². The summed E-state index contributed by atoms with van der Waals surface area (Å²) in [5.74, 6) is 0.221. The molecule has 2 saturated heterocycles. The molecule has 17 heavy (non-hydrogen) atoms. The van der Waals surface area contributed by atoms with Crippen molar-refractivity contribution < 1.29 is 4.79 Å². The van der Waals surface area contributed by atoms with E-state index in [0.717, 1.165) is 51.3 Å². The van der Waals surface area contributed by atoms with E-state index in [9.17, 15) is 4.79 Å². The van der Waals surface area contributed by atoms with Crippen LogP contribution in [0.3, 0.4) is 0 Å². The average Bonchev–Trinajstić information content (AvgIpc) is 2.28. The quantitative estimate of drug-likeness (QED) is 0.724. The SMILES string of the molecule is CCC=C(C)C(=O)N1CC(N2CCNCC2)C1. The fourth-order valence-electron chi connectivity index (χ4n) is 2.54. The molecule has 0 radical (unpaired) electrons. The molecule has 0 aromatic carbocycles. The highest BCUT2D eigenvalue weighted by Gasteiger charge is 2.35. The van der Waals surface area contributed by atoms with Crippen molar-refractivity contribution in [1.29, 1.82) is 0 Å². The third-order valence-electron chi connectivity index (χ3n) is 3.67. The summed E-state index contributed by atoms with van der Waals surface area (Å²) in [7, 11) is 0. The number of piperazine rings is 1. The smallest absolute Gasteiger partial charge is 0.249 e. The zero-order chi connectivity index (χ0) is 12.3. The molecule has 2 aliphatic heterocycles. The molecule has 0 atom stereocenters. The van der Waals surface area contributed by atoms with Crippen molar-refractivity contribution in [1.82, 2.24) is 15.1 Å². The van der Waals surface area contributed by atoms with Gasteiger partial charge in [0, 0.05) is 50.9 Å². The Hall–Kier alpha value is -0.870. The van der Waals surface area contributed by atoms with Crippen LogP contribution in [0, 0.1) is 0 Å². The number of carbonyl (C=O) groups is 1. The first-order chi connectivity index (χ1) is 8.22. The van der Waals surface area contributed by atoms with Crippen LogP contribution in [0.25, 0.3) is 0 Å². The number of nitrogens with zero attached hydrogens (tertiary/aromatic N) is 2. The van der Waals surface area contributed by atoms with Crippen LogP contribution in [-0.2, 0) is 4.79 Å². The predicted octanol–water partition coefficient (Wildman–Crippen LogP) is 0.459. The molecule has 1 amide bonds. The summed E-state index contributed by atoms with van der Waals surface area (Å²) in [4.78, 5) is 16.4. The summed E-state index contributed by atoms with van der Waals surface area (Å²) < 4.78 is 0. The number of hydrogen-bond donors (Lipinski definition) is 1. The van der Waals surface area contributed by atoms with Crippen molar-refractivity contribution in [3.8, 4) is 0 Å². The van der Waals surface area contributed by atoms with Crippen LogP contribution in [0.2, 0.25) is 0 Å². The molecule has 2 rings (SSSR count). The molecule has 0 aromatic rings. The van der Waals surface area contributed by atoms with Gasteiger partial charge in [-0.25, -0.2) is 0 Å². The van der Waals surface area contributed by atoms with Gasteiger partial charge < -0.3 is 10.2 Å². The van der Waals surface area contributed by atoms with E-state index < -0.39 is 0 Å². The number of hydrogen-bond acceptors (Lipinski definition) is 3. The number of nitrogens with one attached hydrogen (secondary N) is 1. The van der Waals surface area contributed by atoms with E-state index in [1.165, 1.54) is 0 Å². The highest BCUT2D eigenvalue weighted by Crippen LogP contribution is 2.18. The fourth-order valence-corrected chi connectivity index (χ4v) is 2.54. The molecule has 0 saturated carbocycles. The van der Waals surface area contributed by atoms with Gasteiger partial charge in [0.2, 0.25) is 5.91 Å². The molecule has 0 bridgehead atoms. The van der Waals surface area contributed by atoms with Gasteiger partial charge in [0.05, 0.1) is 0 Å². The van der Waals surface area contributed by atoms with E-state index in [0.29, 0.717) is 6.04 Å². The summed E-state index contributed by atoms with van der Waals surface area (Å²) >= 11 is 0. The largest absolute Gasteiger partial charge is 0.336 e. The minimum Gasteiger partial charge on any atom is -0.336 e. The van der Waals surface area contributed by atoms with Crippen molar-refractivity contribution in [3.63, 3.8) is 0 Å². The topological polar surface area (TPSA) is 35.6 Å². The van der Waals surface area contributed by atoms with E-state index in [1.807, 2.05) is 17.9 Å². The molecule has 2 aliphatic rings.